The lowest BCUT2D eigenvalue weighted by Gasteiger charge is -2.30. The summed E-state index contributed by atoms with van der Waals surface area (Å²) in [6.45, 7) is 0.463. The van der Waals surface area contributed by atoms with Gasteiger partial charge >= 0.3 is 0 Å². The second kappa shape index (κ2) is 9.30. The van der Waals surface area contributed by atoms with E-state index in [0.29, 0.717) is 29.3 Å². The second-order valence-corrected chi connectivity index (χ2v) is 7.13. The van der Waals surface area contributed by atoms with Gasteiger partial charge in [-0.3, -0.25) is 14.6 Å². The average Bonchev–Trinajstić information content (AvgIpc) is 2.82. The predicted molar refractivity (Wildman–Crippen MR) is 118 cm³/mol. The number of fused-ring (bicyclic) bond motifs is 1. The van der Waals surface area contributed by atoms with Crippen molar-refractivity contribution in [2.75, 3.05) is 30.5 Å². The summed E-state index contributed by atoms with van der Waals surface area (Å²) in [5.74, 6) is 0.663. The molecule has 7 nitrogen and oxygen atoms in total. The Labute approximate surface area is 180 Å². The SMILES string of the molecule is COc1ccccc1OCC(=O)Nc1ccc2c(c1)N(C(=O)c1cccnc1)CCC2. The van der Waals surface area contributed by atoms with Gasteiger partial charge in [0.25, 0.3) is 11.8 Å². The molecule has 158 valence electrons. The summed E-state index contributed by atoms with van der Waals surface area (Å²) >= 11 is 0. The van der Waals surface area contributed by atoms with Gasteiger partial charge in [-0.25, -0.2) is 0 Å². The number of benzene rings is 2. The van der Waals surface area contributed by atoms with Crippen LogP contribution in [0.1, 0.15) is 22.3 Å². The molecule has 0 atom stereocenters. The van der Waals surface area contributed by atoms with Gasteiger partial charge in [0, 0.05) is 30.3 Å². The Bertz CT molecular complexity index is 1090. The number of pyridine rings is 1. The number of aromatic nitrogens is 1. The largest absolute Gasteiger partial charge is 0.493 e. The molecule has 0 aliphatic carbocycles. The maximum atomic E-state index is 13.0. The van der Waals surface area contributed by atoms with Crippen molar-refractivity contribution in [2.24, 2.45) is 0 Å². The fourth-order valence-corrected chi connectivity index (χ4v) is 3.59. The molecular formula is C24H23N3O4. The van der Waals surface area contributed by atoms with Crippen molar-refractivity contribution in [3.63, 3.8) is 0 Å². The number of nitrogens with zero attached hydrogens (tertiary/aromatic N) is 2. The third kappa shape index (κ3) is 4.66. The standard InChI is InChI=1S/C24H23N3O4/c1-30-21-8-2-3-9-22(21)31-16-23(28)26-19-11-10-17-7-5-13-27(20(17)14-19)24(29)18-6-4-12-25-15-18/h2-4,6,8-12,14-15H,5,7,13,16H2,1H3,(H,26,28). The van der Waals surface area contributed by atoms with Gasteiger partial charge in [0.15, 0.2) is 18.1 Å². The molecule has 0 spiro atoms. The Kier molecular flexibility index (Phi) is 6.12. The molecule has 31 heavy (non-hydrogen) atoms. The van der Waals surface area contributed by atoms with Crippen LogP contribution in [0.15, 0.2) is 67.0 Å². The molecule has 2 amide bonds. The van der Waals surface area contributed by atoms with Crippen LogP contribution in [0, 0.1) is 0 Å². The van der Waals surface area contributed by atoms with Gasteiger partial charge in [-0.1, -0.05) is 18.2 Å². The predicted octanol–water partition coefficient (Wildman–Crippen LogP) is 3.70. The third-order valence-electron chi connectivity index (χ3n) is 5.07. The number of aryl methyl sites for hydroxylation is 1. The third-order valence-corrected chi connectivity index (χ3v) is 5.07. The van der Waals surface area contributed by atoms with Crippen LogP contribution in [0.2, 0.25) is 0 Å². The first-order chi connectivity index (χ1) is 15.2. The van der Waals surface area contributed by atoms with E-state index in [9.17, 15) is 9.59 Å². The fourth-order valence-electron chi connectivity index (χ4n) is 3.59. The highest BCUT2D eigenvalue weighted by molar-refractivity contribution is 6.07. The monoisotopic (exact) mass is 417 g/mol. The van der Waals surface area contributed by atoms with E-state index in [-0.39, 0.29) is 18.4 Å². The Morgan fingerprint density at radius 1 is 1.10 bits per heavy atom. The number of hydrogen-bond acceptors (Lipinski definition) is 5. The van der Waals surface area contributed by atoms with Gasteiger partial charge in [0.1, 0.15) is 0 Å². The first-order valence-electron chi connectivity index (χ1n) is 10.1. The topological polar surface area (TPSA) is 80.8 Å². The number of amides is 2. The van der Waals surface area contributed by atoms with E-state index in [1.54, 1.807) is 48.7 Å². The minimum Gasteiger partial charge on any atom is -0.493 e. The second-order valence-electron chi connectivity index (χ2n) is 7.13. The molecular weight excluding hydrogens is 394 g/mol. The molecule has 3 aromatic rings. The van der Waals surface area contributed by atoms with Crippen LogP contribution in [0.25, 0.3) is 0 Å². The number of carbonyl (C=O) groups excluding carboxylic acids is 2. The summed E-state index contributed by atoms with van der Waals surface area (Å²) in [4.78, 5) is 31.2. The van der Waals surface area contributed by atoms with Crippen molar-refractivity contribution in [2.45, 2.75) is 12.8 Å². The molecule has 1 N–H and O–H groups in total. The number of nitrogens with one attached hydrogen (secondary N) is 1. The van der Waals surface area contributed by atoms with Crippen LogP contribution in [0.4, 0.5) is 11.4 Å². The summed E-state index contributed by atoms with van der Waals surface area (Å²) < 4.78 is 10.8. The highest BCUT2D eigenvalue weighted by Crippen LogP contribution is 2.31. The molecule has 4 rings (SSSR count). The lowest BCUT2D eigenvalue weighted by atomic mass is 10.00. The van der Waals surface area contributed by atoms with E-state index < -0.39 is 0 Å². The first kappa shape index (κ1) is 20.4. The molecule has 0 unspecified atom stereocenters. The lowest BCUT2D eigenvalue weighted by Crippen LogP contribution is -2.35. The van der Waals surface area contributed by atoms with E-state index in [4.69, 9.17) is 9.47 Å². The van der Waals surface area contributed by atoms with E-state index in [1.807, 2.05) is 30.3 Å². The zero-order chi connectivity index (χ0) is 21.6. The quantitative estimate of drug-likeness (QED) is 0.661. The van der Waals surface area contributed by atoms with Gasteiger partial charge in [-0.2, -0.15) is 0 Å². The summed E-state index contributed by atoms with van der Waals surface area (Å²) in [6.07, 6.45) is 4.98. The van der Waals surface area contributed by atoms with Crippen LogP contribution in [0.3, 0.4) is 0 Å². The van der Waals surface area contributed by atoms with Crippen molar-refractivity contribution < 1.29 is 19.1 Å². The van der Waals surface area contributed by atoms with E-state index in [2.05, 4.69) is 10.3 Å². The highest BCUT2D eigenvalue weighted by atomic mass is 16.5. The van der Waals surface area contributed by atoms with Crippen LogP contribution in [-0.4, -0.2) is 37.1 Å². The minimum atomic E-state index is -0.299. The molecule has 2 heterocycles. The molecule has 0 bridgehead atoms. The van der Waals surface area contributed by atoms with E-state index in [1.165, 1.54) is 0 Å². The van der Waals surface area contributed by atoms with Crippen molar-refractivity contribution in [3.8, 4) is 11.5 Å². The molecule has 1 aromatic heterocycles. The van der Waals surface area contributed by atoms with Gasteiger partial charge in [0.2, 0.25) is 0 Å². The maximum Gasteiger partial charge on any atom is 0.262 e. The van der Waals surface area contributed by atoms with Crippen molar-refractivity contribution in [1.82, 2.24) is 4.98 Å². The van der Waals surface area contributed by atoms with Crippen LogP contribution < -0.4 is 19.7 Å². The summed E-state index contributed by atoms with van der Waals surface area (Å²) in [6, 6.07) is 16.3. The number of hydrogen-bond donors (Lipinski definition) is 1. The zero-order valence-electron chi connectivity index (χ0n) is 17.2. The van der Waals surface area contributed by atoms with Crippen LogP contribution >= 0.6 is 0 Å². The summed E-state index contributed by atoms with van der Waals surface area (Å²) in [7, 11) is 1.55. The number of ether oxygens (including phenoxy) is 2. The lowest BCUT2D eigenvalue weighted by molar-refractivity contribution is -0.118. The van der Waals surface area contributed by atoms with E-state index >= 15 is 0 Å². The Hall–Kier alpha value is -3.87. The minimum absolute atomic E-state index is 0.1000. The van der Waals surface area contributed by atoms with Gasteiger partial charge in [-0.15, -0.1) is 0 Å². The van der Waals surface area contributed by atoms with Crippen LogP contribution in [0.5, 0.6) is 11.5 Å². The molecule has 7 heteroatoms. The highest BCUT2D eigenvalue weighted by Gasteiger charge is 2.24. The molecule has 0 saturated carbocycles. The Balaban J connectivity index is 1.47. The molecule has 0 saturated heterocycles. The van der Waals surface area contributed by atoms with Crippen LogP contribution in [-0.2, 0) is 11.2 Å². The fraction of sp³-hybridized carbons (Fsp3) is 0.208. The average molecular weight is 417 g/mol. The smallest absolute Gasteiger partial charge is 0.262 e. The molecule has 2 aromatic carbocycles. The molecule has 1 aliphatic heterocycles. The number of carbonyl (C=O) groups is 2. The number of para-hydroxylation sites is 2. The zero-order valence-corrected chi connectivity index (χ0v) is 17.2. The Morgan fingerprint density at radius 2 is 1.94 bits per heavy atom. The molecule has 0 fully saturated rings. The number of rotatable bonds is 6. The Morgan fingerprint density at radius 3 is 2.71 bits per heavy atom. The number of anilines is 2. The van der Waals surface area contributed by atoms with Crippen molar-refractivity contribution in [1.29, 1.82) is 0 Å². The van der Waals surface area contributed by atoms with Gasteiger partial charge < -0.3 is 19.7 Å². The molecule has 0 radical (unpaired) electrons. The van der Waals surface area contributed by atoms with E-state index in [0.717, 1.165) is 24.1 Å². The van der Waals surface area contributed by atoms with Crippen molar-refractivity contribution in [3.05, 3.63) is 78.1 Å². The normalized spacial score (nSPS) is 12.6. The van der Waals surface area contributed by atoms with Crippen molar-refractivity contribution >= 4 is 23.2 Å². The summed E-state index contributed by atoms with van der Waals surface area (Å²) in [5, 5.41) is 2.84. The van der Waals surface area contributed by atoms with Gasteiger partial charge in [-0.05, 0) is 54.8 Å². The number of methoxy groups -OCH3 is 1. The summed E-state index contributed by atoms with van der Waals surface area (Å²) in [5.41, 5.74) is 3.03. The first-order valence-corrected chi connectivity index (χ1v) is 10.1. The van der Waals surface area contributed by atoms with Gasteiger partial charge in [0.05, 0.1) is 12.7 Å². The maximum absolute atomic E-state index is 13.0. The molecule has 1 aliphatic rings.